The van der Waals surface area contributed by atoms with Crippen LogP contribution in [0.2, 0.25) is 0 Å². The standard InChI is InChI=1S/C17H21FN4OS/c1-10(13-9-22(3)21-11(13)2)19-17(23)20-15-7-8-24-16-12(15)5-4-6-14(16)18/h4-6,9-10,15H,7-8H2,1-3H3,(H2,19,20,23)/t10-,15+/m0/s1. The van der Waals surface area contributed by atoms with E-state index in [2.05, 4.69) is 15.7 Å². The summed E-state index contributed by atoms with van der Waals surface area (Å²) in [5.41, 5.74) is 2.73. The molecule has 0 unspecified atom stereocenters. The summed E-state index contributed by atoms with van der Waals surface area (Å²) in [6, 6.07) is 4.46. The molecule has 0 saturated heterocycles. The smallest absolute Gasteiger partial charge is 0.315 e. The van der Waals surface area contributed by atoms with Gasteiger partial charge < -0.3 is 10.6 Å². The monoisotopic (exact) mass is 348 g/mol. The summed E-state index contributed by atoms with van der Waals surface area (Å²) in [5.74, 6) is 0.569. The highest BCUT2D eigenvalue weighted by Crippen LogP contribution is 2.37. The van der Waals surface area contributed by atoms with Crippen molar-refractivity contribution in [3.05, 3.63) is 47.0 Å². The van der Waals surface area contributed by atoms with Crippen LogP contribution in [-0.4, -0.2) is 21.6 Å². The average molecular weight is 348 g/mol. The number of hydrogen-bond acceptors (Lipinski definition) is 3. The highest BCUT2D eigenvalue weighted by atomic mass is 32.2. The van der Waals surface area contributed by atoms with Gasteiger partial charge >= 0.3 is 6.03 Å². The average Bonchev–Trinajstić information content (AvgIpc) is 2.87. The summed E-state index contributed by atoms with van der Waals surface area (Å²) in [5, 5.41) is 10.2. The number of aromatic nitrogens is 2. The van der Waals surface area contributed by atoms with Crippen LogP contribution >= 0.6 is 11.8 Å². The maximum absolute atomic E-state index is 13.9. The van der Waals surface area contributed by atoms with E-state index in [9.17, 15) is 9.18 Å². The quantitative estimate of drug-likeness (QED) is 0.893. The van der Waals surface area contributed by atoms with E-state index in [0.717, 1.165) is 29.0 Å². The van der Waals surface area contributed by atoms with Crippen LogP contribution in [0.1, 0.15) is 42.2 Å². The molecule has 0 radical (unpaired) electrons. The molecule has 1 aromatic carbocycles. The summed E-state index contributed by atoms with van der Waals surface area (Å²) in [4.78, 5) is 13.0. The molecule has 0 aliphatic carbocycles. The largest absolute Gasteiger partial charge is 0.332 e. The van der Waals surface area contributed by atoms with Gasteiger partial charge in [-0.1, -0.05) is 12.1 Å². The Hall–Kier alpha value is -2.02. The predicted octanol–water partition coefficient (Wildman–Crippen LogP) is 3.46. The van der Waals surface area contributed by atoms with Crippen molar-refractivity contribution in [1.29, 1.82) is 0 Å². The van der Waals surface area contributed by atoms with Gasteiger partial charge in [-0.25, -0.2) is 9.18 Å². The van der Waals surface area contributed by atoms with Gasteiger partial charge in [-0.2, -0.15) is 5.10 Å². The molecule has 2 atom stereocenters. The molecule has 0 fully saturated rings. The highest BCUT2D eigenvalue weighted by Gasteiger charge is 2.25. The number of thioether (sulfide) groups is 1. The van der Waals surface area contributed by atoms with Crippen LogP contribution in [0, 0.1) is 12.7 Å². The van der Waals surface area contributed by atoms with Crippen molar-refractivity contribution < 1.29 is 9.18 Å². The van der Waals surface area contributed by atoms with Gasteiger partial charge in [0.05, 0.1) is 17.8 Å². The molecule has 3 rings (SSSR count). The molecule has 128 valence electrons. The predicted molar refractivity (Wildman–Crippen MR) is 92.5 cm³/mol. The normalized spacial score (nSPS) is 17.9. The van der Waals surface area contributed by atoms with Crippen LogP contribution in [0.3, 0.4) is 0 Å². The fourth-order valence-corrected chi connectivity index (χ4v) is 4.19. The zero-order valence-electron chi connectivity index (χ0n) is 14.0. The Kier molecular flexibility index (Phi) is 4.80. The van der Waals surface area contributed by atoms with Crippen molar-refractivity contribution in [2.45, 2.75) is 37.2 Å². The Morgan fingerprint density at radius 2 is 2.29 bits per heavy atom. The van der Waals surface area contributed by atoms with E-state index in [4.69, 9.17) is 0 Å². The number of halogens is 1. The zero-order valence-corrected chi connectivity index (χ0v) is 14.8. The van der Waals surface area contributed by atoms with Gasteiger partial charge in [0.2, 0.25) is 0 Å². The first kappa shape index (κ1) is 16.8. The minimum absolute atomic E-state index is 0.149. The number of carbonyl (C=O) groups is 1. The first-order chi connectivity index (χ1) is 11.5. The Morgan fingerprint density at radius 3 is 3.00 bits per heavy atom. The number of fused-ring (bicyclic) bond motifs is 1. The van der Waals surface area contributed by atoms with Gasteiger partial charge in [0.15, 0.2) is 0 Å². The third kappa shape index (κ3) is 3.40. The van der Waals surface area contributed by atoms with Gasteiger partial charge in [0.25, 0.3) is 0 Å². The lowest BCUT2D eigenvalue weighted by Gasteiger charge is -2.27. The van der Waals surface area contributed by atoms with Gasteiger partial charge in [-0.05, 0) is 31.9 Å². The van der Waals surface area contributed by atoms with Gasteiger partial charge in [-0.3, -0.25) is 4.68 Å². The number of aryl methyl sites for hydroxylation is 2. The SMILES string of the molecule is Cc1nn(C)cc1[C@H](C)NC(=O)N[C@@H]1CCSc2c(F)cccc21. The molecule has 1 aliphatic rings. The Bertz CT molecular complexity index is 761. The fraction of sp³-hybridized carbons (Fsp3) is 0.412. The van der Waals surface area contributed by atoms with Crippen LogP contribution in [0.5, 0.6) is 0 Å². The molecule has 0 spiro atoms. The number of amides is 2. The van der Waals surface area contributed by atoms with Crippen LogP contribution in [0.15, 0.2) is 29.3 Å². The van der Waals surface area contributed by atoms with Crippen molar-refractivity contribution in [2.75, 3.05) is 5.75 Å². The summed E-state index contributed by atoms with van der Waals surface area (Å²) in [6.07, 6.45) is 2.69. The fourth-order valence-electron chi connectivity index (χ4n) is 3.05. The second kappa shape index (κ2) is 6.84. The molecule has 1 aromatic heterocycles. The van der Waals surface area contributed by atoms with E-state index in [1.165, 1.54) is 17.8 Å². The van der Waals surface area contributed by atoms with Crippen LogP contribution in [-0.2, 0) is 7.05 Å². The van der Waals surface area contributed by atoms with Crippen molar-refractivity contribution >= 4 is 17.8 Å². The maximum atomic E-state index is 13.9. The molecule has 2 aromatic rings. The highest BCUT2D eigenvalue weighted by molar-refractivity contribution is 7.99. The molecule has 2 heterocycles. The van der Waals surface area contributed by atoms with E-state index in [1.807, 2.05) is 33.2 Å². The van der Waals surface area contributed by atoms with E-state index in [1.54, 1.807) is 10.7 Å². The van der Waals surface area contributed by atoms with E-state index in [0.29, 0.717) is 4.90 Å². The summed E-state index contributed by atoms with van der Waals surface area (Å²) in [6.45, 7) is 3.84. The summed E-state index contributed by atoms with van der Waals surface area (Å²) >= 11 is 1.50. The summed E-state index contributed by atoms with van der Waals surface area (Å²) in [7, 11) is 1.86. The minimum atomic E-state index is -0.252. The molecular weight excluding hydrogens is 327 g/mol. The molecule has 1 aliphatic heterocycles. The Morgan fingerprint density at radius 1 is 1.50 bits per heavy atom. The lowest BCUT2D eigenvalue weighted by molar-refractivity contribution is 0.233. The number of benzene rings is 1. The molecule has 2 N–H and O–H groups in total. The number of urea groups is 1. The topological polar surface area (TPSA) is 59.0 Å². The Balaban J connectivity index is 1.68. The third-order valence-corrected chi connectivity index (χ3v) is 5.36. The second-order valence-electron chi connectivity index (χ2n) is 6.03. The third-order valence-electron chi connectivity index (χ3n) is 4.20. The lowest BCUT2D eigenvalue weighted by Crippen LogP contribution is -2.40. The number of rotatable bonds is 3. The second-order valence-corrected chi connectivity index (χ2v) is 7.14. The van der Waals surface area contributed by atoms with Crippen LogP contribution < -0.4 is 10.6 Å². The lowest BCUT2D eigenvalue weighted by atomic mass is 10.0. The Labute approximate surface area is 145 Å². The number of hydrogen-bond donors (Lipinski definition) is 2. The van der Waals surface area contributed by atoms with Crippen LogP contribution in [0.4, 0.5) is 9.18 Å². The first-order valence-corrected chi connectivity index (χ1v) is 8.92. The molecule has 7 heteroatoms. The van der Waals surface area contributed by atoms with E-state index < -0.39 is 0 Å². The maximum Gasteiger partial charge on any atom is 0.315 e. The molecule has 0 bridgehead atoms. The van der Waals surface area contributed by atoms with Crippen molar-refractivity contribution in [2.24, 2.45) is 7.05 Å². The van der Waals surface area contributed by atoms with Crippen molar-refractivity contribution in [3.63, 3.8) is 0 Å². The molecule has 2 amide bonds. The minimum Gasteiger partial charge on any atom is -0.332 e. The number of nitrogens with one attached hydrogen (secondary N) is 2. The van der Waals surface area contributed by atoms with E-state index in [-0.39, 0.29) is 23.9 Å². The molecule has 24 heavy (non-hydrogen) atoms. The van der Waals surface area contributed by atoms with Crippen molar-refractivity contribution in [1.82, 2.24) is 20.4 Å². The zero-order chi connectivity index (χ0) is 17.3. The summed E-state index contributed by atoms with van der Waals surface area (Å²) < 4.78 is 15.6. The van der Waals surface area contributed by atoms with Crippen molar-refractivity contribution in [3.8, 4) is 0 Å². The number of carbonyl (C=O) groups excluding carboxylic acids is 1. The van der Waals surface area contributed by atoms with Gasteiger partial charge in [-0.15, -0.1) is 11.8 Å². The molecule has 0 saturated carbocycles. The molecular formula is C17H21FN4OS. The van der Waals surface area contributed by atoms with E-state index >= 15 is 0 Å². The first-order valence-electron chi connectivity index (χ1n) is 7.94. The van der Waals surface area contributed by atoms with Gasteiger partial charge in [0.1, 0.15) is 5.82 Å². The van der Waals surface area contributed by atoms with Gasteiger partial charge in [0, 0.05) is 29.5 Å². The van der Waals surface area contributed by atoms with Crippen LogP contribution in [0.25, 0.3) is 0 Å². The number of nitrogens with zero attached hydrogens (tertiary/aromatic N) is 2. The molecule has 5 nitrogen and oxygen atoms in total.